The monoisotopic (exact) mass is 330 g/mol. The van der Waals surface area contributed by atoms with Crippen LogP contribution < -0.4 is 0 Å². The zero-order valence-corrected chi connectivity index (χ0v) is 14.4. The van der Waals surface area contributed by atoms with E-state index < -0.39 is 17.4 Å². The first-order valence-corrected chi connectivity index (χ1v) is 7.69. The molecule has 0 fully saturated rings. The Balaban J connectivity index is 2.12. The van der Waals surface area contributed by atoms with Gasteiger partial charge in [0.25, 0.3) is 0 Å². The summed E-state index contributed by atoms with van der Waals surface area (Å²) in [5, 5.41) is 0. The van der Waals surface area contributed by atoms with E-state index in [1.165, 1.54) is 13.3 Å². The Morgan fingerprint density at radius 3 is 2.54 bits per heavy atom. The molecule has 1 atom stereocenters. The van der Waals surface area contributed by atoms with Crippen LogP contribution in [0.4, 0.5) is 0 Å². The molecule has 0 saturated carbocycles. The van der Waals surface area contributed by atoms with Crippen LogP contribution in [0.3, 0.4) is 0 Å². The maximum absolute atomic E-state index is 12.4. The van der Waals surface area contributed by atoms with Crippen molar-refractivity contribution in [3.05, 3.63) is 54.1 Å². The van der Waals surface area contributed by atoms with Gasteiger partial charge in [-0.1, -0.05) is 30.3 Å². The maximum atomic E-state index is 12.4. The van der Waals surface area contributed by atoms with Crippen molar-refractivity contribution in [1.82, 2.24) is 9.55 Å². The van der Waals surface area contributed by atoms with Crippen molar-refractivity contribution in [2.75, 3.05) is 13.7 Å². The smallest absolute Gasteiger partial charge is 0.356 e. The zero-order valence-electron chi connectivity index (χ0n) is 14.4. The number of hydrogen-bond acceptors (Lipinski definition) is 5. The number of nitrogens with zero attached hydrogens (tertiary/aromatic N) is 2. The van der Waals surface area contributed by atoms with Gasteiger partial charge in [-0.05, 0) is 26.3 Å². The van der Waals surface area contributed by atoms with E-state index >= 15 is 0 Å². The Kier molecular flexibility index (Phi) is 5.39. The molecule has 0 aliphatic heterocycles. The lowest BCUT2D eigenvalue weighted by atomic mass is 9.95. The number of carbonyl (C=O) groups is 2. The standard InChI is InChI=1S/C18H22N2O4/c1-13(14-8-6-5-7-9-14)20-12-19-10-15(20)16(21)24-11-18(2,3)17(22)23-4/h5-10,12-13H,11H2,1-4H3/t13-/m1/s1. The summed E-state index contributed by atoms with van der Waals surface area (Å²) >= 11 is 0. The molecule has 1 heterocycles. The van der Waals surface area contributed by atoms with Crippen LogP contribution >= 0.6 is 0 Å². The van der Waals surface area contributed by atoms with E-state index in [1.807, 2.05) is 37.3 Å². The molecule has 0 unspecified atom stereocenters. The second-order valence-corrected chi connectivity index (χ2v) is 6.22. The molecule has 6 nitrogen and oxygen atoms in total. The lowest BCUT2D eigenvalue weighted by Gasteiger charge is -2.21. The second kappa shape index (κ2) is 7.29. The number of hydrogen-bond donors (Lipinski definition) is 0. The van der Waals surface area contributed by atoms with Crippen LogP contribution in [0.25, 0.3) is 0 Å². The summed E-state index contributed by atoms with van der Waals surface area (Å²) in [6, 6.07) is 9.73. The molecule has 0 bridgehead atoms. The third-order valence-electron chi connectivity index (χ3n) is 3.88. The summed E-state index contributed by atoms with van der Waals surface area (Å²) in [7, 11) is 1.31. The summed E-state index contributed by atoms with van der Waals surface area (Å²) in [6.45, 7) is 5.24. The topological polar surface area (TPSA) is 70.4 Å². The number of methoxy groups -OCH3 is 1. The SMILES string of the molecule is COC(=O)C(C)(C)COC(=O)c1cncn1[C@H](C)c1ccccc1. The molecule has 2 aromatic rings. The normalized spacial score (nSPS) is 12.5. The van der Waals surface area contributed by atoms with Crippen molar-refractivity contribution in [1.29, 1.82) is 0 Å². The molecule has 1 aromatic carbocycles. The molecule has 128 valence electrons. The molecule has 0 amide bonds. The van der Waals surface area contributed by atoms with Crippen molar-refractivity contribution in [3.8, 4) is 0 Å². The summed E-state index contributed by atoms with van der Waals surface area (Å²) in [6.07, 6.45) is 3.06. The van der Waals surface area contributed by atoms with Gasteiger partial charge in [-0.15, -0.1) is 0 Å². The molecule has 0 N–H and O–H groups in total. The van der Waals surface area contributed by atoms with E-state index in [1.54, 1.807) is 24.7 Å². The quantitative estimate of drug-likeness (QED) is 0.762. The number of rotatable bonds is 6. The molecule has 0 spiro atoms. The molecule has 0 saturated heterocycles. The molecule has 0 radical (unpaired) electrons. The minimum Gasteiger partial charge on any atom is -0.469 e. The fraction of sp³-hybridized carbons (Fsp3) is 0.389. The van der Waals surface area contributed by atoms with Crippen molar-refractivity contribution in [2.45, 2.75) is 26.8 Å². The Bertz CT molecular complexity index is 707. The van der Waals surface area contributed by atoms with Gasteiger partial charge < -0.3 is 14.0 Å². The first kappa shape index (κ1) is 17.7. The van der Waals surface area contributed by atoms with Crippen molar-refractivity contribution in [2.24, 2.45) is 5.41 Å². The van der Waals surface area contributed by atoms with Gasteiger partial charge in [0.2, 0.25) is 0 Å². The molecule has 6 heteroatoms. The van der Waals surface area contributed by atoms with E-state index in [9.17, 15) is 9.59 Å². The number of esters is 2. The Morgan fingerprint density at radius 1 is 1.25 bits per heavy atom. The van der Waals surface area contributed by atoms with Gasteiger partial charge in [0.05, 0.1) is 31.1 Å². The highest BCUT2D eigenvalue weighted by Gasteiger charge is 2.31. The molecule has 0 aliphatic carbocycles. The zero-order chi connectivity index (χ0) is 17.7. The largest absolute Gasteiger partial charge is 0.469 e. The van der Waals surface area contributed by atoms with Crippen LogP contribution in [-0.4, -0.2) is 35.2 Å². The van der Waals surface area contributed by atoms with Gasteiger partial charge in [0.15, 0.2) is 0 Å². The van der Waals surface area contributed by atoms with Crippen molar-refractivity contribution in [3.63, 3.8) is 0 Å². The van der Waals surface area contributed by atoms with Crippen LogP contribution in [0.2, 0.25) is 0 Å². The second-order valence-electron chi connectivity index (χ2n) is 6.22. The Morgan fingerprint density at radius 2 is 1.92 bits per heavy atom. The van der Waals surface area contributed by atoms with Gasteiger partial charge in [-0.3, -0.25) is 4.79 Å². The predicted octanol–water partition coefficient (Wildman–Crippen LogP) is 2.85. The fourth-order valence-corrected chi connectivity index (χ4v) is 2.32. The van der Waals surface area contributed by atoms with Crippen molar-refractivity contribution < 1.29 is 19.1 Å². The summed E-state index contributed by atoms with van der Waals surface area (Å²) in [5.41, 5.74) is 0.492. The van der Waals surface area contributed by atoms with Crippen LogP contribution in [0.1, 0.15) is 42.9 Å². The average molecular weight is 330 g/mol. The third kappa shape index (κ3) is 3.82. The van der Waals surface area contributed by atoms with E-state index in [4.69, 9.17) is 9.47 Å². The van der Waals surface area contributed by atoms with E-state index in [0.29, 0.717) is 5.69 Å². The Hall–Kier alpha value is -2.63. The van der Waals surface area contributed by atoms with Crippen LogP contribution in [-0.2, 0) is 14.3 Å². The molecular weight excluding hydrogens is 308 g/mol. The first-order valence-electron chi connectivity index (χ1n) is 7.69. The van der Waals surface area contributed by atoms with Gasteiger partial charge in [0.1, 0.15) is 12.3 Å². The number of ether oxygens (including phenoxy) is 2. The number of benzene rings is 1. The lowest BCUT2D eigenvalue weighted by Crippen LogP contribution is -2.32. The fourth-order valence-electron chi connectivity index (χ4n) is 2.32. The van der Waals surface area contributed by atoms with Crippen molar-refractivity contribution >= 4 is 11.9 Å². The van der Waals surface area contributed by atoms with Crippen LogP contribution in [0.5, 0.6) is 0 Å². The predicted molar refractivity (Wildman–Crippen MR) is 88.6 cm³/mol. The minimum atomic E-state index is -0.902. The highest BCUT2D eigenvalue weighted by molar-refractivity contribution is 5.87. The van der Waals surface area contributed by atoms with Gasteiger partial charge >= 0.3 is 11.9 Å². The number of imidazole rings is 1. The van der Waals surface area contributed by atoms with E-state index in [2.05, 4.69) is 4.98 Å². The summed E-state index contributed by atoms with van der Waals surface area (Å²) in [4.78, 5) is 28.1. The highest BCUT2D eigenvalue weighted by atomic mass is 16.5. The maximum Gasteiger partial charge on any atom is 0.356 e. The van der Waals surface area contributed by atoms with Crippen LogP contribution in [0.15, 0.2) is 42.9 Å². The molecule has 0 aliphatic rings. The van der Waals surface area contributed by atoms with Gasteiger partial charge in [-0.25, -0.2) is 9.78 Å². The van der Waals surface area contributed by atoms with Gasteiger partial charge in [0, 0.05) is 0 Å². The Labute approximate surface area is 141 Å². The molecule has 2 rings (SSSR count). The highest BCUT2D eigenvalue weighted by Crippen LogP contribution is 2.21. The average Bonchev–Trinajstić information content (AvgIpc) is 3.08. The lowest BCUT2D eigenvalue weighted by molar-refractivity contribution is -0.152. The first-order chi connectivity index (χ1) is 11.4. The molecule has 24 heavy (non-hydrogen) atoms. The van der Waals surface area contributed by atoms with E-state index in [0.717, 1.165) is 5.56 Å². The third-order valence-corrected chi connectivity index (χ3v) is 3.88. The van der Waals surface area contributed by atoms with Gasteiger partial charge in [-0.2, -0.15) is 0 Å². The molecule has 1 aromatic heterocycles. The van der Waals surface area contributed by atoms with E-state index in [-0.39, 0.29) is 12.6 Å². The minimum absolute atomic E-state index is 0.0649. The van der Waals surface area contributed by atoms with Crippen LogP contribution in [0, 0.1) is 5.41 Å². The molecular formula is C18H22N2O4. The number of carbonyl (C=O) groups excluding carboxylic acids is 2. The number of aromatic nitrogens is 2. The summed E-state index contributed by atoms with van der Waals surface area (Å²) < 4.78 is 11.8. The summed E-state index contributed by atoms with van der Waals surface area (Å²) in [5.74, 6) is -0.950.